The number of nitro groups is 1. The van der Waals surface area contributed by atoms with Gasteiger partial charge in [0.2, 0.25) is 0 Å². The third kappa shape index (κ3) is 10.2. The Morgan fingerprint density at radius 1 is 0.956 bits per heavy atom. The Hall–Kier alpha value is -2.51. The molecule has 4 rings (SSSR count). The van der Waals surface area contributed by atoms with Gasteiger partial charge in [0.25, 0.3) is 0 Å². The van der Waals surface area contributed by atoms with Gasteiger partial charge in [0.05, 0.1) is 33.7 Å². The van der Waals surface area contributed by atoms with E-state index in [0.29, 0.717) is 17.4 Å². The molecule has 0 radical (unpaired) electrons. The van der Waals surface area contributed by atoms with Gasteiger partial charge in [0.1, 0.15) is 0 Å². The van der Waals surface area contributed by atoms with E-state index >= 15 is 0 Å². The summed E-state index contributed by atoms with van der Waals surface area (Å²) in [7, 11) is 18.4. The molecule has 45 heavy (non-hydrogen) atoms. The van der Waals surface area contributed by atoms with Crippen LogP contribution in [0.2, 0.25) is 0 Å². The molecule has 1 aliphatic rings. The van der Waals surface area contributed by atoms with Crippen molar-refractivity contribution in [1.82, 2.24) is 0 Å². The van der Waals surface area contributed by atoms with Crippen LogP contribution in [0.25, 0.3) is 0 Å². The summed E-state index contributed by atoms with van der Waals surface area (Å²) in [6.07, 6.45) is -0.0186. The Labute approximate surface area is 282 Å². The molecule has 0 spiro atoms. The molecule has 0 saturated carbocycles. The molecule has 0 aliphatic carbocycles. The summed E-state index contributed by atoms with van der Waals surface area (Å²) in [4.78, 5) is 15.2. The van der Waals surface area contributed by atoms with Crippen molar-refractivity contribution in [2.75, 3.05) is 44.0 Å². The summed E-state index contributed by atoms with van der Waals surface area (Å²) in [5.74, 6) is 0.561. The first-order valence-electron chi connectivity index (χ1n) is 15.0. The Bertz CT molecular complexity index is 1520. The van der Waals surface area contributed by atoms with Crippen LogP contribution < -0.4 is 14.5 Å². The van der Waals surface area contributed by atoms with Crippen molar-refractivity contribution in [2.24, 2.45) is 0 Å². The number of quaternary nitrogens is 1. The number of rotatable bonds is 8. The Balaban J connectivity index is 0.000000279. The minimum atomic E-state index is -2.05. The number of ether oxygens (including phenoxy) is 1. The molecular formula is C35H48Cl2N4O3Ru. The first-order chi connectivity index (χ1) is 20.9. The van der Waals surface area contributed by atoms with Crippen LogP contribution in [-0.2, 0) is 13.5 Å². The number of halogens is 2. The molecule has 1 fully saturated rings. The summed E-state index contributed by atoms with van der Waals surface area (Å²) >= 11 is -2.05. The van der Waals surface area contributed by atoms with Gasteiger partial charge < -0.3 is 14.3 Å². The average Bonchev–Trinajstić information content (AvgIpc) is 3.24. The maximum absolute atomic E-state index is 10.7. The zero-order valence-electron chi connectivity index (χ0n) is 28.4. The molecule has 7 nitrogen and oxygen atoms in total. The number of likely N-dealkylation sites (N-methyl/N-ethyl adjacent to an activating group) is 1. The molecule has 248 valence electrons. The molecule has 1 unspecified atom stereocenters. The zero-order valence-corrected chi connectivity index (χ0v) is 31.6. The summed E-state index contributed by atoms with van der Waals surface area (Å²) in [5.41, 5.74) is 11.4. The van der Waals surface area contributed by atoms with Crippen molar-refractivity contribution in [3.05, 3.63) is 98.2 Å². The number of non-ortho nitro benzene ring substituents is 1. The number of benzene rings is 3. The van der Waals surface area contributed by atoms with Gasteiger partial charge in [-0.3, -0.25) is 0 Å². The number of nitrogens with zero attached hydrogens (tertiary/aromatic N) is 4. The number of nitro benzene ring substituents is 1. The Morgan fingerprint density at radius 3 is 1.91 bits per heavy atom. The summed E-state index contributed by atoms with van der Waals surface area (Å²) in [5, 5.41) is 10.7. The predicted octanol–water partition coefficient (Wildman–Crippen LogP) is 8.52. The van der Waals surface area contributed by atoms with Crippen molar-refractivity contribution in [3.63, 3.8) is 0 Å². The number of aryl methyl sites for hydroxylation is 6. The molecule has 0 amide bonds. The van der Waals surface area contributed by atoms with Gasteiger partial charge >= 0.3 is 112 Å². The fraction of sp³-hybridized carbons (Fsp3) is 0.429. The normalized spacial score (nSPS) is 15.2. The van der Waals surface area contributed by atoms with Crippen LogP contribution >= 0.6 is 19.4 Å². The molecule has 0 aromatic heterocycles. The van der Waals surface area contributed by atoms with Gasteiger partial charge in [-0.25, -0.2) is 0 Å². The van der Waals surface area contributed by atoms with Crippen molar-refractivity contribution in [1.29, 1.82) is 0 Å². The zero-order chi connectivity index (χ0) is 33.8. The van der Waals surface area contributed by atoms with Crippen LogP contribution in [0.5, 0.6) is 5.75 Å². The monoisotopic (exact) mass is 744 g/mol. The number of hydrogen-bond acceptors (Lipinski definition) is 5. The second-order valence-electron chi connectivity index (χ2n) is 13.2. The summed E-state index contributed by atoms with van der Waals surface area (Å²) in [6, 6.07) is 14.0. The van der Waals surface area contributed by atoms with E-state index in [1.165, 1.54) is 56.9 Å². The van der Waals surface area contributed by atoms with Crippen molar-refractivity contribution < 1.29 is 27.7 Å². The molecule has 0 N–H and O–H groups in total. The standard InChI is InChI=1S/C25H37N3.C10H11NO3.2ClH.Ru/c1-17-10-19(3)24(20(4)11-17)26-14-23(15-28(7,8)9)27(16-26)25-21(5)12-18(2)13-22(25)6;1-7(2)14-10-5-4-9(11(12)13)6-8(10)3;;;/h10-13,16,23H,14-15H2,1-9H3;3-7H,1-2H3;2*1H;/q;;;;+2/p-2. The second kappa shape index (κ2) is 15.4. The third-order valence-corrected chi connectivity index (χ3v) is 9.23. The quantitative estimate of drug-likeness (QED) is 0.0762. The van der Waals surface area contributed by atoms with Crippen LogP contribution in [0, 0.1) is 58.3 Å². The Kier molecular flexibility index (Phi) is 12.6. The maximum atomic E-state index is 10.7. The topological polar surface area (TPSA) is 58.9 Å². The number of hydrogen-bond donors (Lipinski definition) is 0. The van der Waals surface area contributed by atoms with Gasteiger partial charge in [-0.15, -0.1) is 0 Å². The second-order valence-corrected chi connectivity index (χ2v) is 19.0. The third-order valence-electron chi connectivity index (χ3n) is 7.39. The minimum Gasteiger partial charge on any atom is -0.501 e. The van der Waals surface area contributed by atoms with E-state index in [2.05, 4.69) is 103 Å². The minimum absolute atomic E-state index is 0.00360. The van der Waals surface area contributed by atoms with E-state index in [1.807, 2.05) is 13.8 Å². The first kappa shape index (κ1) is 37.0. The van der Waals surface area contributed by atoms with Crippen LogP contribution in [0.1, 0.15) is 52.8 Å². The smallest absolute Gasteiger partial charge is 0.0979 e. The Morgan fingerprint density at radius 2 is 1.47 bits per heavy atom. The van der Waals surface area contributed by atoms with Crippen molar-refractivity contribution in [3.8, 4) is 5.75 Å². The molecule has 1 atom stereocenters. The molecule has 3 aromatic carbocycles. The van der Waals surface area contributed by atoms with E-state index in [0.717, 1.165) is 17.6 Å². The summed E-state index contributed by atoms with van der Waals surface area (Å²) < 4.78 is 8.13. The fourth-order valence-corrected chi connectivity index (χ4v) is 7.94. The van der Waals surface area contributed by atoms with Gasteiger partial charge in [0, 0.05) is 17.9 Å². The number of anilines is 2. The van der Waals surface area contributed by atoms with E-state index in [4.69, 9.17) is 24.1 Å². The SMILES string of the molecule is CC(C)Oc1ccc([N+](=O)[O-])cc1[CH]=[Ru]([Cl])[Cl].Cc1cc(C)c(N2[CH-]N(c3c(C)cc(C)cc3C)C(C[N+](C)(C)C)C2)c(C)c1. The van der Waals surface area contributed by atoms with Crippen LogP contribution in [0.15, 0.2) is 42.5 Å². The van der Waals surface area contributed by atoms with E-state index in [9.17, 15) is 10.1 Å². The van der Waals surface area contributed by atoms with Crippen molar-refractivity contribution >= 4 is 41.1 Å². The molecule has 3 aromatic rings. The van der Waals surface area contributed by atoms with Gasteiger partial charge in [-0.1, -0.05) is 35.4 Å². The summed E-state index contributed by atoms with van der Waals surface area (Å²) in [6.45, 7) is 21.6. The van der Waals surface area contributed by atoms with Gasteiger partial charge in [0.15, 0.2) is 0 Å². The molecular weight excluding hydrogens is 696 g/mol. The molecule has 10 heteroatoms. The molecule has 1 heterocycles. The predicted molar refractivity (Wildman–Crippen MR) is 188 cm³/mol. The molecule has 1 aliphatic heterocycles. The first-order valence-corrected chi connectivity index (χ1v) is 20.5. The van der Waals surface area contributed by atoms with Gasteiger partial charge in [-0.2, -0.15) is 6.67 Å². The largest absolute Gasteiger partial charge is 0.501 e. The average molecular weight is 745 g/mol. The maximum Gasteiger partial charge on any atom is 0.0979 e. The van der Waals surface area contributed by atoms with Crippen LogP contribution in [0.3, 0.4) is 0 Å². The van der Waals surface area contributed by atoms with E-state index in [-0.39, 0.29) is 11.8 Å². The molecule has 1 saturated heterocycles. The van der Waals surface area contributed by atoms with Crippen LogP contribution in [0.4, 0.5) is 17.1 Å². The van der Waals surface area contributed by atoms with E-state index in [1.54, 1.807) is 10.7 Å². The van der Waals surface area contributed by atoms with Crippen LogP contribution in [-0.4, -0.2) is 60.4 Å². The van der Waals surface area contributed by atoms with E-state index < -0.39 is 18.4 Å². The van der Waals surface area contributed by atoms with Gasteiger partial charge in [-0.05, 0) is 63.8 Å². The molecule has 0 bridgehead atoms. The van der Waals surface area contributed by atoms with Crippen molar-refractivity contribution in [2.45, 2.75) is 67.5 Å². The fourth-order valence-electron chi connectivity index (χ4n) is 6.15.